The molecule has 5 nitrogen and oxygen atoms in total. The summed E-state index contributed by atoms with van der Waals surface area (Å²) in [5.41, 5.74) is 4.51. The number of halogens is 3. The average Bonchev–Trinajstić information content (AvgIpc) is 3.18. The minimum absolute atomic E-state index is 0.226. The number of rotatable bonds is 7. The maximum atomic E-state index is 12.9. The zero-order valence-electron chi connectivity index (χ0n) is 19.5. The van der Waals surface area contributed by atoms with Crippen LogP contribution in [0.4, 0.5) is 13.2 Å². The number of imidazole rings is 1. The minimum Gasteiger partial charge on any atom is -0.469 e. The summed E-state index contributed by atoms with van der Waals surface area (Å²) in [4.78, 5) is 21.7. The Hall–Kier alpha value is -3.33. The summed E-state index contributed by atoms with van der Waals surface area (Å²) in [5, 5.41) is 0. The lowest BCUT2D eigenvalue weighted by Crippen LogP contribution is -2.04. The molecule has 0 atom stereocenters. The molecule has 0 saturated carbocycles. The zero-order chi connectivity index (χ0) is 25.2. The lowest BCUT2D eigenvalue weighted by Gasteiger charge is -2.08. The number of nitrogens with zero attached hydrogens (tertiary/aromatic N) is 3. The van der Waals surface area contributed by atoms with Crippen LogP contribution in [0, 0.1) is 6.92 Å². The first-order valence-corrected chi connectivity index (χ1v) is 11.9. The topological polar surface area (TPSA) is 57.0 Å². The van der Waals surface area contributed by atoms with Gasteiger partial charge in [0.2, 0.25) is 0 Å². The van der Waals surface area contributed by atoms with Crippen molar-refractivity contribution in [2.45, 2.75) is 36.6 Å². The fraction of sp³-hybridized carbons (Fsp3) is 0.269. The Bertz CT molecular complexity index is 1370. The number of benzene rings is 2. The van der Waals surface area contributed by atoms with Crippen molar-refractivity contribution in [3.8, 4) is 11.4 Å². The van der Waals surface area contributed by atoms with Gasteiger partial charge in [0, 0.05) is 35.9 Å². The van der Waals surface area contributed by atoms with E-state index in [1.807, 2.05) is 32.2 Å². The highest BCUT2D eigenvalue weighted by atomic mass is 32.2. The highest BCUT2D eigenvalue weighted by Gasteiger charge is 2.30. The van der Waals surface area contributed by atoms with Crippen molar-refractivity contribution in [1.82, 2.24) is 14.5 Å². The van der Waals surface area contributed by atoms with Crippen molar-refractivity contribution in [2.75, 3.05) is 7.11 Å². The molecule has 9 heteroatoms. The van der Waals surface area contributed by atoms with E-state index in [0.717, 1.165) is 39.2 Å². The number of carbonyl (C=O) groups excluding carboxylic acids is 1. The van der Waals surface area contributed by atoms with E-state index >= 15 is 0 Å². The Morgan fingerprint density at radius 2 is 1.83 bits per heavy atom. The maximum Gasteiger partial charge on any atom is 0.416 e. The van der Waals surface area contributed by atoms with Gasteiger partial charge in [-0.1, -0.05) is 18.2 Å². The van der Waals surface area contributed by atoms with E-state index in [1.165, 1.54) is 19.2 Å². The summed E-state index contributed by atoms with van der Waals surface area (Å²) in [6.45, 7) is 2.02. The second-order valence-corrected chi connectivity index (χ2v) is 9.21. The van der Waals surface area contributed by atoms with E-state index in [1.54, 1.807) is 22.5 Å². The molecule has 0 N–H and O–H groups in total. The molecule has 4 rings (SSSR count). The van der Waals surface area contributed by atoms with Gasteiger partial charge in [0.15, 0.2) is 5.65 Å². The van der Waals surface area contributed by atoms with Crippen LogP contribution in [0.1, 0.15) is 28.7 Å². The molecule has 0 radical (unpaired) electrons. The summed E-state index contributed by atoms with van der Waals surface area (Å²) in [5.74, 6) is 0.990. The minimum atomic E-state index is -4.38. The monoisotopic (exact) mass is 499 g/mol. The third-order valence-corrected chi connectivity index (χ3v) is 6.89. The predicted octanol–water partition coefficient (Wildman–Crippen LogP) is 6.36. The maximum absolute atomic E-state index is 12.9. The first kappa shape index (κ1) is 24.8. The van der Waals surface area contributed by atoms with Gasteiger partial charge in [-0.2, -0.15) is 13.2 Å². The Morgan fingerprint density at radius 3 is 2.49 bits per heavy atom. The molecule has 35 heavy (non-hydrogen) atoms. The lowest BCUT2D eigenvalue weighted by molar-refractivity contribution is -0.140. The standard InChI is InChI=1S/C26H24F3N3O2S/c1-16-14-21(10-6-17(16)7-11-22(33)34-3)35-15-19-12-13-30-25-23(19)31-24(32(25)2)18-4-8-20(9-5-18)26(27,28)29/h4-6,8-10,12-14H,7,11,15H2,1-3H3. The highest BCUT2D eigenvalue weighted by Crippen LogP contribution is 2.33. The van der Waals surface area contributed by atoms with Gasteiger partial charge < -0.3 is 9.30 Å². The van der Waals surface area contributed by atoms with Crippen molar-refractivity contribution < 1.29 is 22.7 Å². The fourth-order valence-corrected chi connectivity index (χ4v) is 4.83. The number of fused-ring (bicyclic) bond motifs is 1. The predicted molar refractivity (Wildman–Crippen MR) is 130 cm³/mol. The van der Waals surface area contributed by atoms with E-state index in [2.05, 4.69) is 11.1 Å². The molecule has 0 aliphatic heterocycles. The van der Waals surface area contributed by atoms with E-state index in [-0.39, 0.29) is 5.97 Å². The van der Waals surface area contributed by atoms with Crippen LogP contribution in [0.5, 0.6) is 0 Å². The molecule has 2 aromatic heterocycles. The van der Waals surface area contributed by atoms with Crippen LogP contribution >= 0.6 is 11.8 Å². The molecule has 0 bridgehead atoms. The SMILES string of the molecule is COC(=O)CCc1ccc(SCc2ccnc3c2nc(-c2ccc(C(F)(F)F)cc2)n3C)cc1C. The Morgan fingerprint density at radius 1 is 1.09 bits per heavy atom. The summed E-state index contributed by atoms with van der Waals surface area (Å²) in [6, 6.07) is 13.1. The molecule has 182 valence electrons. The fourth-order valence-electron chi connectivity index (χ4n) is 3.85. The number of hydrogen-bond donors (Lipinski definition) is 0. The molecule has 4 aromatic rings. The smallest absolute Gasteiger partial charge is 0.416 e. The normalized spacial score (nSPS) is 11.7. The number of thioether (sulfide) groups is 1. The molecule has 0 fully saturated rings. The number of alkyl halides is 3. The summed E-state index contributed by atoms with van der Waals surface area (Å²) in [7, 11) is 3.20. The molecular weight excluding hydrogens is 475 g/mol. The second-order valence-electron chi connectivity index (χ2n) is 8.16. The number of hydrogen-bond acceptors (Lipinski definition) is 5. The molecular formula is C26H24F3N3O2S. The first-order valence-electron chi connectivity index (χ1n) is 10.9. The van der Waals surface area contributed by atoms with Crippen molar-refractivity contribution in [3.05, 3.63) is 77.0 Å². The molecule has 0 spiro atoms. The van der Waals surface area contributed by atoms with Gasteiger partial charge in [-0.15, -0.1) is 11.8 Å². The number of ether oxygens (including phenoxy) is 1. The Balaban J connectivity index is 1.54. The third kappa shape index (κ3) is 5.51. The van der Waals surface area contributed by atoms with Gasteiger partial charge in [-0.05, 0) is 60.4 Å². The van der Waals surface area contributed by atoms with E-state index in [0.29, 0.717) is 35.6 Å². The second kappa shape index (κ2) is 10.1. The average molecular weight is 500 g/mol. The number of aryl methyl sites for hydroxylation is 3. The van der Waals surface area contributed by atoms with Gasteiger partial charge in [-0.25, -0.2) is 9.97 Å². The molecule has 2 heterocycles. The van der Waals surface area contributed by atoms with Crippen LogP contribution < -0.4 is 0 Å². The number of pyridine rings is 1. The first-order chi connectivity index (χ1) is 16.7. The molecule has 0 aliphatic carbocycles. The summed E-state index contributed by atoms with van der Waals surface area (Å²) < 4.78 is 45.3. The van der Waals surface area contributed by atoms with E-state index < -0.39 is 11.7 Å². The van der Waals surface area contributed by atoms with E-state index in [9.17, 15) is 18.0 Å². The van der Waals surface area contributed by atoms with Crippen LogP contribution in [0.15, 0.2) is 59.6 Å². The largest absolute Gasteiger partial charge is 0.469 e. The molecule has 0 unspecified atom stereocenters. The van der Waals surface area contributed by atoms with Gasteiger partial charge in [0.25, 0.3) is 0 Å². The van der Waals surface area contributed by atoms with Crippen LogP contribution in [-0.2, 0) is 34.9 Å². The molecule has 0 aliphatic rings. The van der Waals surface area contributed by atoms with Gasteiger partial charge >= 0.3 is 12.1 Å². The number of methoxy groups -OCH3 is 1. The number of esters is 1. The third-order valence-electron chi connectivity index (χ3n) is 5.85. The number of aromatic nitrogens is 3. The lowest BCUT2D eigenvalue weighted by atomic mass is 10.0. The highest BCUT2D eigenvalue weighted by molar-refractivity contribution is 7.98. The zero-order valence-corrected chi connectivity index (χ0v) is 20.3. The van der Waals surface area contributed by atoms with Crippen LogP contribution in [0.3, 0.4) is 0 Å². The number of carbonyl (C=O) groups is 1. The molecule has 2 aromatic carbocycles. The quantitative estimate of drug-likeness (QED) is 0.219. The molecule has 0 amide bonds. The van der Waals surface area contributed by atoms with E-state index in [4.69, 9.17) is 9.72 Å². The summed E-state index contributed by atoms with van der Waals surface area (Å²) >= 11 is 1.66. The van der Waals surface area contributed by atoms with Crippen LogP contribution in [0.2, 0.25) is 0 Å². The van der Waals surface area contributed by atoms with Crippen LogP contribution in [0.25, 0.3) is 22.6 Å². The Kier molecular flexibility index (Phi) is 7.16. The van der Waals surface area contributed by atoms with Crippen molar-refractivity contribution in [2.24, 2.45) is 7.05 Å². The van der Waals surface area contributed by atoms with Crippen LogP contribution in [-0.4, -0.2) is 27.6 Å². The van der Waals surface area contributed by atoms with Crippen molar-refractivity contribution in [1.29, 1.82) is 0 Å². The molecule has 0 saturated heterocycles. The van der Waals surface area contributed by atoms with Crippen molar-refractivity contribution >= 4 is 28.9 Å². The Labute approximate surface area is 205 Å². The van der Waals surface area contributed by atoms with Crippen molar-refractivity contribution in [3.63, 3.8) is 0 Å². The summed E-state index contributed by atoms with van der Waals surface area (Å²) in [6.07, 6.45) is -1.68. The van der Waals surface area contributed by atoms with Gasteiger partial charge in [0.05, 0.1) is 12.7 Å². The van der Waals surface area contributed by atoms with Gasteiger partial charge in [0.1, 0.15) is 11.3 Å². The van der Waals surface area contributed by atoms with Gasteiger partial charge in [-0.3, -0.25) is 4.79 Å².